The third-order valence-electron chi connectivity index (χ3n) is 2.42. The first kappa shape index (κ1) is 9.24. The molecule has 0 aliphatic carbocycles. The number of hydrogen-bond acceptors (Lipinski definition) is 2. The van der Waals surface area contributed by atoms with Gasteiger partial charge in [-0.05, 0) is 12.5 Å². The van der Waals surface area contributed by atoms with Crippen molar-refractivity contribution < 1.29 is 8.78 Å². The molecule has 0 radical (unpaired) electrons. The van der Waals surface area contributed by atoms with Gasteiger partial charge < -0.3 is 10.2 Å². The lowest BCUT2D eigenvalue weighted by Gasteiger charge is -2.18. The summed E-state index contributed by atoms with van der Waals surface area (Å²) in [6.07, 6.45) is 0.923. The van der Waals surface area contributed by atoms with Crippen LogP contribution >= 0.6 is 0 Å². The molecule has 1 aromatic carbocycles. The summed E-state index contributed by atoms with van der Waals surface area (Å²) in [4.78, 5) is 1.86. The second-order valence-electron chi connectivity index (χ2n) is 3.48. The van der Waals surface area contributed by atoms with Gasteiger partial charge >= 0.3 is 0 Å². The van der Waals surface area contributed by atoms with Gasteiger partial charge in [0.25, 0.3) is 0 Å². The number of halogens is 2. The van der Waals surface area contributed by atoms with E-state index in [1.54, 1.807) is 0 Å². The fourth-order valence-electron chi connectivity index (χ4n) is 1.69. The smallest absolute Gasteiger partial charge is 0.151 e. The van der Waals surface area contributed by atoms with Crippen LogP contribution in [0.5, 0.6) is 0 Å². The summed E-state index contributed by atoms with van der Waals surface area (Å²) in [6.45, 7) is 1.53. The molecule has 76 valence electrons. The molecule has 2 rings (SSSR count). The number of benzene rings is 1. The van der Waals surface area contributed by atoms with Gasteiger partial charge in [0, 0.05) is 26.2 Å². The van der Waals surface area contributed by atoms with Crippen molar-refractivity contribution in [1.29, 1.82) is 0 Å². The highest BCUT2D eigenvalue weighted by Gasteiger charge is 2.16. The minimum atomic E-state index is -0.531. The predicted octanol–water partition coefficient (Wildman–Crippen LogP) is 2.22. The Labute approximate surface area is 81.5 Å². The van der Waals surface area contributed by atoms with E-state index in [1.165, 1.54) is 6.07 Å². The summed E-state index contributed by atoms with van der Waals surface area (Å²) in [6, 6.07) is 2.27. The van der Waals surface area contributed by atoms with Crippen LogP contribution in [-0.4, -0.2) is 20.1 Å². The van der Waals surface area contributed by atoms with Gasteiger partial charge in [0.05, 0.1) is 11.4 Å². The van der Waals surface area contributed by atoms with E-state index in [1.807, 2.05) is 11.9 Å². The monoisotopic (exact) mass is 198 g/mol. The van der Waals surface area contributed by atoms with Crippen LogP contribution < -0.4 is 10.2 Å². The topological polar surface area (TPSA) is 15.3 Å². The van der Waals surface area contributed by atoms with E-state index in [2.05, 4.69) is 5.32 Å². The van der Waals surface area contributed by atoms with Crippen molar-refractivity contribution in [3.05, 3.63) is 23.8 Å². The molecule has 1 aromatic rings. The van der Waals surface area contributed by atoms with Crippen molar-refractivity contribution in [3.8, 4) is 0 Å². The van der Waals surface area contributed by atoms with Gasteiger partial charge in [-0.2, -0.15) is 0 Å². The third kappa shape index (κ3) is 1.52. The molecule has 0 saturated carbocycles. The summed E-state index contributed by atoms with van der Waals surface area (Å²) >= 11 is 0. The molecule has 0 aromatic heterocycles. The second-order valence-corrected chi connectivity index (χ2v) is 3.48. The number of nitrogens with zero attached hydrogens (tertiary/aromatic N) is 1. The fourth-order valence-corrected chi connectivity index (χ4v) is 1.69. The Bertz CT molecular complexity index is 352. The van der Waals surface area contributed by atoms with Crippen LogP contribution in [0.2, 0.25) is 0 Å². The molecule has 0 bridgehead atoms. The van der Waals surface area contributed by atoms with Crippen LogP contribution in [0.3, 0.4) is 0 Å². The third-order valence-corrected chi connectivity index (χ3v) is 2.42. The fraction of sp³-hybridized carbons (Fsp3) is 0.400. The lowest BCUT2D eigenvalue weighted by Crippen LogP contribution is -2.17. The summed E-state index contributed by atoms with van der Waals surface area (Å²) < 4.78 is 26.3. The van der Waals surface area contributed by atoms with Gasteiger partial charge in [0.2, 0.25) is 0 Å². The number of nitrogens with one attached hydrogen (secondary N) is 1. The average Bonchev–Trinajstić information content (AvgIpc) is 2.29. The minimum absolute atomic E-state index is 0.409. The van der Waals surface area contributed by atoms with Crippen LogP contribution in [0.25, 0.3) is 0 Å². The molecule has 0 spiro atoms. The Morgan fingerprint density at radius 3 is 2.93 bits per heavy atom. The number of rotatable bonds is 0. The Kier molecular flexibility index (Phi) is 2.27. The van der Waals surface area contributed by atoms with Crippen molar-refractivity contribution in [2.45, 2.75) is 6.42 Å². The maximum atomic E-state index is 13.4. The molecule has 0 amide bonds. The van der Waals surface area contributed by atoms with Gasteiger partial charge in [-0.15, -0.1) is 0 Å². The summed E-state index contributed by atoms with van der Waals surface area (Å²) in [5.41, 5.74) is 1.01. The van der Waals surface area contributed by atoms with Gasteiger partial charge in [-0.25, -0.2) is 8.78 Å². The summed E-state index contributed by atoms with van der Waals surface area (Å²) in [7, 11) is 1.84. The Morgan fingerprint density at radius 1 is 1.36 bits per heavy atom. The number of hydrogen-bond donors (Lipinski definition) is 1. The SMILES string of the molecule is CN1CCCNc2c(F)cc(F)cc21. The number of fused-ring (bicyclic) bond motifs is 1. The van der Waals surface area contributed by atoms with Crippen molar-refractivity contribution in [1.82, 2.24) is 0 Å². The van der Waals surface area contributed by atoms with Gasteiger partial charge in [-0.1, -0.05) is 0 Å². The van der Waals surface area contributed by atoms with Crippen LogP contribution in [0.1, 0.15) is 6.42 Å². The highest BCUT2D eigenvalue weighted by molar-refractivity contribution is 5.71. The molecule has 1 aliphatic heterocycles. The molecule has 0 unspecified atom stereocenters. The highest BCUT2D eigenvalue weighted by atomic mass is 19.1. The molecular formula is C10H12F2N2. The molecule has 0 atom stereocenters. The lowest BCUT2D eigenvalue weighted by molar-refractivity contribution is 0.585. The summed E-state index contributed by atoms with van der Waals surface area (Å²) in [5.74, 6) is -1.05. The van der Waals surface area contributed by atoms with E-state index in [0.29, 0.717) is 11.4 Å². The van der Waals surface area contributed by atoms with Gasteiger partial charge in [0.1, 0.15) is 5.82 Å². The first-order valence-electron chi connectivity index (χ1n) is 4.62. The summed E-state index contributed by atoms with van der Waals surface area (Å²) in [5, 5.41) is 2.97. The van der Waals surface area contributed by atoms with Crippen LogP contribution in [0.4, 0.5) is 20.2 Å². The van der Waals surface area contributed by atoms with E-state index < -0.39 is 11.6 Å². The quantitative estimate of drug-likeness (QED) is 0.687. The maximum Gasteiger partial charge on any atom is 0.151 e. The molecule has 4 heteroatoms. The molecule has 0 saturated heterocycles. The van der Waals surface area contributed by atoms with Crippen molar-refractivity contribution >= 4 is 11.4 Å². The Balaban J connectivity index is 2.53. The number of anilines is 2. The molecule has 1 N–H and O–H groups in total. The maximum absolute atomic E-state index is 13.4. The molecule has 14 heavy (non-hydrogen) atoms. The zero-order valence-corrected chi connectivity index (χ0v) is 7.98. The first-order valence-corrected chi connectivity index (χ1v) is 4.62. The van der Waals surface area contributed by atoms with Crippen LogP contribution in [-0.2, 0) is 0 Å². The standard InChI is InChI=1S/C10H12F2N2/c1-14-4-2-3-13-10-8(12)5-7(11)6-9(10)14/h5-6,13H,2-4H2,1H3. The van der Waals surface area contributed by atoms with E-state index in [9.17, 15) is 8.78 Å². The molecular weight excluding hydrogens is 186 g/mol. The van der Waals surface area contributed by atoms with E-state index in [-0.39, 0.29) is 0 Å². The predicted molar refractivity (Wildman–Crippen MR) is 52.7 cm³/mol. The highest BCUT2D eigenvalue weighted by Crippen LogP contribution is 2.30. The second kappa shape index (κ2) is 3.44. The van der Waals surface area contributed by atoms with Crippen molar-refractivity contribution in [3.63, 3.8) is 0 Å². The van der Waals surface area contributed by atoms with Gasteiger partial charge in [0.15, 0.2) is 5.82 Å². The largest absolute Gasteiger partial charge is 0.381 e. The Morgan fingerprint density at radius 2 is 2.14 bits per heavy atom. The van der Waals surface area contributed by atoms with Gasteiger partial charge in [-0.3, -0.25) is 0 Å². The molecule has 0 fully saturated rings. The van der Waals surface area contributed by atoms with Crippen LogP contribution in [0, 0.1) is 11.6 Å². The normalized spacial score (nSPS) is 15.8. The molecule has 1 aliphatic rings. The molecule has 2 nitrogen and oxygen atoms in total. The van der Waals surface area contributed by atoms with Crippen molar-refractivity contribution in [2.24, 2.45) is 0 Å². The van der Waals surface area contributed by atoms with E-state index in [4.69, 9.17) is 0 Å². The average molecular weight is 198 g/mol. The Hall–Kier alpha value is -1.32. The van der Waals surface area contributed by atoms with Crippen molar-refractivity contribution in [2.75, 3.05) is 30.4 Å². The molecule has 1 heterocycles. The van der Waals surface area contributed by atoms with E-state index >= 15 is 0 Å². The zero-order valence-electron chi connectivity index (χ0n) is 7.98. The zero-order chi connectivity index (χ0) is 10.1. The lowest BCUT2D eigenvalue weighted by atomic mass is 10.2. The van der Waals surface area contributed by atoms with E-state index in [0.717, 1.165) is 25.6 Å². The first-order chi connectivity index (χ1) is 6.68. The van der Waals surface area contributed by atoms with Crippen LogP contribution in [0.15, 0.2) is 12.1 Å². The minimum Gasteiger partial charge on any atom is -0.381 e.